The van der Waals surface area contributed by atoms with Crippen LogP contribution in [0.25, 0.3) is 0 Å². The zero-order chi connectivity index (χ0) is 20.5. The van der Waals surface area contributed by atoms with Crippen LogP contribution in [0.15, 0.2) is 35.3 Å². The maximum atomic E-state index is 5.84. The molecule has 2 aliphatic heterocycles. The average molecular weight is 530 g/mol. The Morgan fingerprint density at radius 3 is 2.63 bits per heavy atom. The number of piperidine rings is 1. The number of nitrogens with zero attached hydrogens (tertiary/aromatic N) is 2. The van der Waals surface area contributed by atoms with Gasteiger partial charge >= 0.3 is 0 Å². The number of nitrogens with one attached hydrogen (secondary N) is 2. The van der Waals surface area contributed by atoms with Crippen LogP contribution in [0.2, 0.25) is 0 Å². The maximum absolute atomic E-state index is 5.84. The molecule has 6 nitrogen and oxygen atoms in total. The number of likely N-dealkylation sites (tertiary alicyclic amines) is 1. The number of methoxy groups -OCH3 is 1. The first-order chi connectivity index (χ1) is 14.1. The molecular weight excluding hydrogens is 491 g/mol. The number of rotatable bonds is 7. The van der Waals surface area contributed by atoms with Gasteiger partial charge in [-0.05, 0) is 32.3 Å². The van der Waals surface area contributed by atoms with Crippen molar-refractivity contribution in [2.24, 2.45) is 4.99 Å². The summed E-state index contributed by atoms with van der Waals surface area (Å²) in [7, 11) is 1.80. The molecule has 2 heterocycles. The van der Waals surface area contributed by atoms with Gasteiger partial charge < -0.3 is 20.1 Å². The lowest BCUT2D eigenvalue weighted by molar-refractivity contribution is -0.0829. The second-order valence-electron chi connectivity index (χ2n) is 8.37. The predicted octanol–water partition coefficient (Wildman–Crippen LogP) is 3.41. The van der Waals surface area contributed by atoms with Gasteiger partial charge in [-0.25, -0.2) is 0 Å². The van der Waals surface area contributed by atoms with E-state index in [9.17, 15) is 0 Å². The van der Waals surface area contributed by atoms with E-state index in [0.717, 1.165) is 64.5 Å². The third-order valence-electron chi connectivity index (χ3n) is 6.29. The first-order valence-corrected chi connectivity index (χ1v) is 11.1. The van der Waals surface area contributed by atoms with Gasteiger partial charge in [0.05, 0.1) is 12.1 Å². The summed E-state index contributed by atoms with van der Waals surface area (Å²) < 4.78 is 11.3. The smallest absolute Gasteiger partial charge is 0.191 e. The molecule has 2 unspecified atom stereocenters. The van der Waals surface area contributed by atoms with Crippen molar-refractivity contribution in [2.45, 2.75) is 63.8 Å². The molecule has 0 aromatic heterocycles. The molecule has 30 heavy (non-hydrogen) atoms. The summed E-state index contributed by atoms with van der Waals surface area (Å²) in [6.07, 6.45) is 4.06. The number of benzene rings is 1. The summed E-state index contributed by atoms with van der Waals surface area (Å²) >= 11 is 0. The van der Waals surface area contributed by atoms with E-state index in [2.05, 4.69) is 59.7 Å². The Hall–Kier alpha value is -0.900. The highest BCUT2D eigenvalue weighted by Crippen LogP contribution is 2.25. The van der Waals surface area contributed by atoms with Gasteiger partial charge in [0.15, 0.2) is 5.96 Å². The van der Waals surface area contributed by atoms with Crippen molar-refractivity contribution in [3.63, 3.8) is 0 Å². The van der Waals surface area contributed by atoms with Crippen LogP contribution in [0.5, 0.6) is 0 Å². The maximum Gasteiger partial charge on any atom is 0.191 e. The fraction of sp³-hybridized carbons (Fsp3) is 0.696. The monoisotopic (exact) mass is 530 g/mol. The van der Waals surface area contributed by atoms with Crippen molar-refractivity contribution in [2.75, 3.05) is 40.0 Å². The Bertz CT molecular complexity index is 637. The standard InChI is InChI=1S/C23H38N4O2.HI/c1-4-24-22(25-18-23(28-3)11-14-29-15-12-23)26-21-10-13-27(19(2)16-21)17-20-8-6-5-7-9-20;/h5-9,19,21H,4,10-18H2,1-3H3,(H2,24,25,26);1H. The molecule has 1 aromatic rings. The summed E-state index contributed by atoms with van der Waals surface area (Å²) in [6, 6.07) is 11.8. The Morgan fingerprint density at radius 2 is 2.00 bits per heavy atom. The topological polar surface area (TPSA) is 58.1 Å². The summed E-state index contributed by atoms with van der Waals surface area (Å²) in [4.78, 5) is 7.47. The van der Waals surface area contributed by atoms with Crippen LogP contribution < -0.4 is 10.6 Å². The zero-order valence-corrected chi connectivity index (χ0v) is 21.1. The van der Waals surface area contributed by atoms with Crippen LogP contribution in [0.3, 0.4) is 0 Å². The summed E-state index contributed by atoms with van der Waals surface area (Å²) in [5.41, 5.74) is 1.20. The first-order valence-electron chi connectivity index (χ1n) is 11.1. The molecule has 2 N–H and O–H groups in total. The molecule has 0 spiro atoms. The van der Waals surface area contributed by atoms with Gasteiger partial charge in [0.25, 0.3) is 0 Å². The van der Waals surface area contributed by atoms with E-state index in [1.165, 1.54) is 5.56 Å². The molecule has 1 aromatic carbocycles. The third kappa shape index (κ3) is 7.35. The lowest BCUT2D eigenvalue weighted by Gasteiger charge is -2.38. The van der Waals surface area contributed by atoms with E-state index in [1.54, 1.807) is 7.11 Å². The molecule has 2 atom stereocenters. The van der Waals surface area contributed by atoms with Crippen LogP contribution >= 0.6 is 24.0 Å². The highest BCUT2D eigenvalue weighted by molar-refractivity contribution is 14.0. The number of aliphatic imine (C=N–C) groups is 1. The molecule has 7 heteroatoms. The summed E-state index contributed by atoms with van der Waals surface area (Å²) in [5.74, 6) is 0.907. The molecule has 0 saturated carbocycles. The van der Waals surface area contributed by atoms with Gasteiger partial charge in [-0.1, -0.05) is 30.3 Å². The zero-order valence-electron chi connectivity index (χ0n) is 18.7. The van der Waals surface area contributed by atoms with Gasteiger partial charge in [-0.3, -0.25) is 9.89 Å². The number of hydrogen-bond acceptors (Lipinski definition) is 4. The van der Waals surface area contributed by atoms with Gasteiger partial charge in [0, 0.05) is 64.9 Å². The Balaban J connectivity index is 0.00000320. The lowest BCUT2D eigenvalue weighted by Crippen LogP contribution is -2.51. The molecule has 0 amide bonds. The first kappa shape index (κ1) is 25.4. The minimum Gasteiger partial charge on any atom is -0.381 e. The largest absolute Gasteiger partial charge is 0.381 e. The molecule has 3 rings (SSSR count). The molecule has 2 saturated heterocycles. The number of ether oxygens (including phenoxy) is 2. The molecule has 170 valence electrons. The van der Waals surface area contributed by atoms with Crippen LogP contribution in [0.1, 0.15) is 45.1 Å². The van der Waals surface area contributed by atoms with Gasteiger partial charge in [0.2, 0.25) is 0 Å². The number of hydrogen-bond donors (Lipinski definition) is 2. The summed E-state index contributed by atoms with van der Waals surface area (Å²) in [6.45, 7) is 9.62. The van der Waals surface area contributed by atoms with Crippen molar-refractivity contribution in [1.82, 2.24) is 15.5 Å². The van der Waals surface area contributed by atoms with Crippen molar-refractivity contribution in [3.05, 3.63) is 35.9 Å². The van der Waals surface area contributed by atoms with Crippen molar-refractivity contribution < 1.29 is 9.47 Å². The Kier molecular flexibility index (Phi) is 10.8. The fourth-order valence-electron chi connectivity index (χ4n) is 4.31. The van der Waals surface area contributed by atoms with E-state index in [-0.39, 0.29) is 29.6 Å². The second-order valence-corrected chi connectivity index (χ2v) is 8.37. The molecule has 2 fully saturated rings. The number of guanidine groups is 1. The van der Waals surface area contributed by atoms with Crippen LogP contribution in [0, 0.1) is 0 Å². The molecule has 2 aliphatic rings. The minimum absolute atomic E-state index is 0. The van der Waals surface area contributed by atoms with Crippen LogP contribution in [-0.4, -0.2) is 68.5 Å². The highest BCUT2D eigenvalue weighted by atomic mass is 127. The Labute approximate surface area is 199 Å². The van der Waals surface area contributed by atoms with Gasteiger partial charge in [-0.15, -0.1) is 24.0 Å². The van der Waals surface area contributed by atoms with E-state index >= 15 is 0 Å². The molecular formula is C23H39IN4O2. The van der Waals surface area contributed by atoms with E-state index in [0.29, 0.717) is 18.6 Å². The molecule has 0 bridgehead atoms. The van der Waals surface area contributed by atoms with Crippen molar-refractivity contribution >= 4 is 29.9 Å². The number of halogens is 1. The van der Waals surface area contributed by atoms with E-state index in [4.69, 9.17) is 14.5 Å². The minimum atomic E-state index is -0.188. The summed E-state index contributed by atoms with van der Waals surface area (Å²) in [5, 5.41) is 7.09. The molecule has 0 aliphatic carbocycles. The van der Waals surface area contributed by atoms with Gasteiger partial charge in [-0.2, -0.15) is 0 Å². The highest BCUT2D eigenvalue weighted by Gasteiger charge is 2.32. The van der Waals surface area contributed by atoms with Gasteiger partial charge in [0.1, 0.15) is 0 Å². The fourth-order valence-corrected chi connectivity index (χ4v) is 4.31. The molecule has 0 radical (unpaired) electrons. The van der Waals surface area contributed by atoms with Crippen LogP contribution in [0.4, 0.5) is 0 Å². The van der Waals surface area contributed by atoms with Crippen molar-refractivity contribution in [3.8, 4) is 0 Å². The normalized spacial score (nSPS) is 24.7. The second kappa shape index (κ2) is 12.8. The van der Waals surface area contributed by atoms with Crippen LogP contribution in [-0.2, 0) is 16.0 Å². The SMILES string of the molecule is CCNC(=NCC1(OC)CCOCC1)NC1CCN(Cc2ccccc2)C(C)C1.I. The predicted molar refractivity (Wildman–Crippen MR) is 134 cm³/mol. The van der Waals surface area contributed by atoms with E-state index < -0.39 is 0 Å². The quantitative estimate of drug-likeness (QED) is 0.322. The Morgan fingerprint density at radius 1 is 1.27 bits per heavy atom. The van der Waals surface area contributed by atoms with Crippen molar-refractivity contribution in [1.29, 1.82) is 0 Å². The lowest BCUT2D eigenvalue weighted by atomic mass is 9.94. The third-order valence-corrected chi connectivity index (χ3v) is 6.29. The average Bonchev–Trinajstić information content (AvgIpc) is 2.75. The van der Waals surface area contributed by atoms with E-state index in [1.807, 2.05) is 0 Å².